The summed E-state index contributed by atoms with van der Waals surface area (Å²) in [5.74, 6) is 0. The summed E-state index contributed by atoms with van der Waals surface area (Å²) in [6.45, 7) is 15.8. The highest BCUT2D eigenvalue weighted by Crippen LogP contribution is 2.38. The maximum atomic E-state index is 12.4. The normalized spacial score (nSPS) is 29.4. The fourth-order valence-corrected chi connectivity index (χ4v) is 4.26. The van der Waals surface area contributed by atoms with Gasteiger partial charge in [0.05, 0.1) is 11.1 Å². The number of nitrogens with zero attached hydrogens (tertiary/aromatic N) is 2. The molecule has 134 valence electrons. The minimum atomic E-state index is -0.507. The first-order chi connectivity index (χ1) is 10.7. The second kappa shape index (κ2) is 5.80. The van der Waals surface area contributed by atoms with Gasteiger partial charge in [0, 0.05) is 11.1 Å². The monoisotopic (exact) mass is 332 g/mol. The molecule has 0 aromatic carbocycles. The van der Waals surface area contributed by atoms with Crippen molar-refractivity contribution in [3.63, 3.8) is 0 Å². The molecule has 2 aliphatic heterocycles. The van der Waals surface area contributed by atoms with Crippen molar-refractivity contribution in [3.8, 4) is 0 Å². The fraction of sp³-hybridized carbons (Fsp3) is 0.700. The SMILES string of the molecule is CC1(C)C=C(/C=C/C2=CC(C)(C)N([O])C(C)(C)C2)CC(C)(C)N1[O]. The largest absolute Gasteiger partial charge is 0.140 e. The highest BCUT2D eigenvalue weighted by Gasteiger charge is 2.42. The van der Waals surface area contributed by atoms with Gasteiger partial charge in [0.1, 0.15) is 0 Å². The van der Waals surface area contributed by atoms with Crippen molar-refractivity contribution in [1.82, 2.24) is 10.1 Å². The first-order valence-electron chi connectivity index (χ1n) is 8.74. The lowest BCUT2D eigenvalue weighted by Gasteiger charge is -2.45. The molecule has 2 aliphatic rings. The molecular formula is C20H32N2O2. The van der Waals surface area contributed by atoms with Crippen LogP contribution in [0.3, 0.4) is 0 Å². The Balaban J connectivity index is 2.28. The topological polar surface area (TPSA) is 46.3 Å². The Labute approximate surface area is 147 Å². The van der Waals surface area contributed by atoms with Crippen LogP contribution >= 0.6 is 0 Å². The molecule has 2 rings (SSSR count). The summed E-state index contributed by atoms with van der Waals surface area (Å²) in [6, 6.07) is 0. The average Bonchev–Trinajstić information content (AvgIpc) is 2.38. The third-order valence-electron chi connectivity index (χ3n) is 5.01. The minimum Gasteiger partial charge on any atom is -0.140 e. The molecule has 0 aromatic rings. The Kier molecular flexibility index (Phi) is 4.69. The molecule has 0 atom stereocenters. The number of hydroxylamine groups is 4. The molecule has 0 spiro atoms. The lowest BCUT2D eigenvalue weighted by Crippen LogP contribution is -2.54. The Morgan fingerprint density at radius 1 is 0.708 bits per heavy atom. The lowest BCUT2D eigenvalue weighted by atomic mass is 9.81. The second-order valence-electron chi connectivity index (χ2n) is 9.65. The van der Waals surface area contributed by atoms with Crippen molar-refractivity contribution >= 4 is 0 Å². The summed E-state index contributed by atoms with van der Waals surface area (Å²) in [5.41, 5.74) is 0.516. The predicted molar refractivity (Wildman–Crippen MR) is 95.9 cm³/mol. The molecule has 0 saturated heterocycles. The Morgan fingerprint density at radius 3 is 1.25 bits per heavy atom. The number of hydrogen-bond donors (Lipinski definition) is 0. The summed E-state index contributed by atoms with van der Waals surface area (Å²) in [4.78, 5) is 0. The molecule has 0 saturated carbocycles. The zero-order valence-electron chi connectivity index (χ0n) is 16.4. The van der Waals surface area contributed by atoms with E-state index in [-0.39, 0.29) is 0 Å². The van der Waals surface area contributed by atoms with Crippen LogP contribution in [-0.2, 0) is 10.4 Å². The molecule has 0 aromatic heterocycles. The zero-order valence-corrected chi connectivity index (χ0v) is 16.4. The van der Waals surface area contributed by atoms with Gasteiger partial charge in [-0.2, -0.15) is 0 Å². The van der Waals surface area contributed by atoms with Gasteiger partial charge in [-0.1, -0.05) is 24.3 Å². The molecular weight excluding hydrogens is 300 g/mol. The van der Waals surface area contributed by atoms with Crippen molar-refractivity contribution in [3.05, 3.63) is 35.5 Å². The van der Waals surface area contributed by atoms with Crippen LogP contribution in [0.2, 0.25) is 0 Å². The summed E-state index contributed by atoms with van der Waals surface area (Å²) in [6.07, 6.45) is 9.81. The average molecular weight is 332 g/mol. The van der Waals surface area contributed by atoms with E-state index in [1.807, 2.05) is 55.4 Å². The van der Waals surface area contributed by atoms with Crippen LogP contribution in [0.1, 0.15) is 68.2 Å². The van der Waals surface area contributed by atoms with E-state index < -0.39 is 22.2 Å². The van der Waals surface area contributed by atoms with E-state index >= 15 is 0 Å². The van der Waals surface area contributed by atoms with Gasteiger partial charge in [0.25, 0.3) is 0 Å². The van der Waals surface area contributed by atoms with Gasteiger partial charge in [-0.15, -0.1) is 20.5 Å². The molecule has 4 heteroatoms. The van der Waals surface area contributed by atoms with Crippen molar-refractivity contribution < 1.29 is 10.4 Å². The minimum absolute atomic E-state index is 0.413. The quantitative estimate of drug-likeness (QED) is 0.741. The van der Waals surface area contributed by atoms with Gasteiger partial charge in [-0.25, -0.2) is 0 Å². The van der Waals surface area contributed by atoms with Crippen molar-refractivity contribution in [2.45, 2.75) is 90.4 Å². The lowest BCUT2D eigenvalue weighted by molar-refractivity contribution is -0.263. The van der Waals surface area contributed by atoms with E-state index in [0.29, 0.717) is 0 Å². The van der Waals surface area contributed by atoms with E-state index in [9.17, 15) is 10.4 Å². The first kappa shape index (κ1) is 19.4. The van der Waals surface area contributed by atoms with Crippen LogP contribution in [0, 0.1) is 0 Å². The number of rotatable bonds is 2. The summed E-state index contributed by atoms with van der Waals surface area (Å²) < 4.78 is 0. The molecule has 2 heterocycles. The van der Waals surface area contributed by atoms with E-state index in [0.717, 1.165) is 12.8 Å². The van der Waals surface area contributed by atoms with Gasteiger partial charge in [0.15, 0.2) is 0 Å². The van der Waals surface area contributed by atoms with Gasteiger partial charge in [-0.3, -0.25) is 0 Å². The van der Waals surface area contributed by atoms with E-state index in [4.69, 9.17) is 0 Å². The standard InChI is InChI=1S/C20H32N2O2/c1-17(2)11-15(12-18(3,4)21(17)23)9-10-16-13-19(5,6)22(24)20(7,8)14-16/h9-11,13H,12,14H2,1-8H3/b10-9+. The van der Waals surface area contributed by atoms with Crippen molar-refractivity contribution in [2.24, 2.45) is 0 Å². The third kappa shape index (κ3) is 3.67. The first-order valence-corrected chi connectivity index (χ1v) is 8.74. The van der Waals surface area contributed by atoms with Crippen LogP contribution in [-0.4, -0.2) is 32.3 Å². The molecule has 0 amide bonds. The fourth-order valence-electron chi connectivity index (χ4n) is 4.26. The van der Waals surface area contributed by atoms with E-state index in [1.54, 1.807) is 0 Å². The van der Waals surface area contributed by atoms with Crippen LogP contribution in [0.25, 0.3) is 0 Å². The van der Waals surface area contributed by atoms with E-state index in [1.165, 1.54) is 21.3 Å². The molecule has 0 fully saturated rings. The van der Waals surface area contributed by atoms with Crippen molar-refractivity contribution in [2.75, 3.05) is 0 Å². The summed E-state index contributed by atoms with van der Waals surface area (Å²) in [7, 11) is 0. The third-order valence-corrected chi connectivity index (χ3v) is 5.01. The Bertz CT molecular complexity index is 543. The van der Waals surface area contributed by atoms with Crippen LogP contribution < -0.4 is 0 Å². The Morgan fingerprint density at radius 2 is 1.00 bits per heavy atom. The molecule has 4 nitrogen and oxygen atoms in total. The highest BCUT2D eigenvalue weighted by molar-refractivity contribution is 5.36. The highest BCUT2D eigenvalue weighted by atomic mass is 16.5. The molecule has 24 heavy (non-hydrogen) atoms. The maximum Gasteiger partial charge on any atom is 0.0628 e. The summed E-state index contributed by atoms with van der Waals surface area (Å²) in [5, 5.41) is 27.2. The van der Waals surface area contributed by atoms with Crippen molar-refractivity contribution in [1.29, 1.82) is 0 Å². The van der Waals surface area contributed by atoms with Crippen LogP contribution in [0.15, 0.2) is 35.5 Å². The molecule has 0 bridgehead atoms. The van der Waals surface area contributed by atoms with E-state index in [2.05, 4.69) is 24.3 Å². The molecule has 0 N–H and O–H groups in total. The zero-order chi connectivity index (χ0) is 18.6. The Hall–Kier alpha value is -0.940. The molecule has 0 unspecified atom stereocenters. The number of hydrogen-bond acceptors (Lipinski definition) is 2. The second-order valence-corrected chi connectivity index (χ2v) is 9.65. The smallest absolute Gasteiger partial charge is 0.0628 e. The van der Waals surface area contributed by atoms with Gasteiger partial charge in [-0.05, 0) is 79.4 Å². The number of allylic oxidation sites excluding steroid dienone is 2. The summed E-state index contributed by atoms with van der Waals surface area (Å²) >= 11 is 0. The molecule has 2 radical (unpaired) electrons. The van der Waals surface area contributed by atoms with Gasteiger partial charge in [0.2, 0.25) is 0 Å². The van der Waals surface area contributed by atoms with Gasteiger partial charge >= 0.3 is 0 Å². The van der Waals surface area contributed by atoms with Crippen LogP contribution in [0.4, 0.5) is 0 Å². The van der Waals surface area contributed by atoms with Crippen LogP contribution in [0.5, 0.6) is 0 Å². The molecule has 0 aliphatic carbocycles. The maximum absolute atomic E-state index is 12.4. The van der Waals surface area contributed by atoms with Gasteiger partial charge < -0.3 is 0 Å². The predicted octanol–water partition coefficient (Wildman–Crippen LogP) is 4.61.